The van der Waals surface area contributed by atoms with E-state index in [4.69, 9.17) is 14.2 Å². The minimum absolute atomic E-state index is 0.0410. The van der Waals surface area contributed by atoms with Gasteiger partial charge in [0, 0.05) is 6.42 Å². The first kappa shape index (κ1) is 22.3. The van der Waals surface area contributed by atoms with Gasteiger partial charge in [-0.25, -0.2) is 0 Å². The zero-order valence-corrected chi connectivity index (χ0v) is 15.9. The highest BCUT2D eigenvalue weighted by atomic mass is 16.7. The second-order valence-electron chi connectivity index (χ2n) is 7.27. The molecule has 1 saturated heterocycles. The van der Waals surface area contributed by atoms with Crippen molar-refractivity contribution in [3.05, 3.63) is 12.2 Å². The third kappa shape index (κ3) is 5.49. The Morgan fingerprint density at radius 3 is 2.52 bits per heavy atom. The number of hydrogen-bond acceptors (Lipinski definition) is 8. The van der Waals surface area contributed by atoms with Gasteiger partial charge in [-0.15, -0.1) is 0 Å². The first-order valence-corrected chi connectivity index (χ1v) is 9.60. The van der Waals surface area contributed by atoms with Crippen molar-refractivity contribution in [2.75, 3.05) is 13.7 Å². The van der Waals surface area contributed by atoms with Crippen LogP contribution in [0.25, 0.3) is 0 Å². The summed E-state index contributed by atoms with van der Waals surface area (Å²) in [6.45, 7) is 1.54. The van der Waals surface area contributed by atoms with Gasteiger partial charge in [0.15, 0.2) is 6.29 Å². The van der Waals surface area contributed by atoms with Crippen LogP contribution in [0.2, 0.25) is 0 Å². The van der Waals surface area contributed by atoms with E-state index < -0.39 is 37.3 Å². The lowest BCUT2D eigenvalue weighted by atomic mass is 9.88. The van der Waals surface area contributed by atoms with Crippen LogP contribution in [0.5, 0.6) is 0 Å². The highest BCUT2D eigenvalue weighted by Gasteiger charge is 2.47. The second kappa shape index (κ2) is 10.5. The van der Waals surface area contributed by atoms with Gasteiger partial charge in [-0.05, 0) is 37.5 Å². The third-order valence-electron chi connectivity index (χ3n) is 5.53. The molecule has 27 heavy (non-hydrogen) atoms. The van der Waals surface area contributed by atoms with E-state index in [1.54, 1.807) is 0 Å². The number of ether oxygens (including phenoxy) is 3. The molecular weight excluding hydrogens is 356 g/mol. The van der Waals surface area contributed by atoms with Gasteiger partial charge >= 0.3 is 5.97 Å². The summed E-state index contributed by atoms with van der Waals surface area (Å²) >= 11 is 0. The minimum Gasteiger partial charge on any atom is -0.469 e. The molecule has 1 aliphatic carbocycles. The molecule has 0 amide bonds. The van der Waals surface area contributed by atoms with E-state index in [1.807, 2.05) is 6.92 Å². The maximum absolute atomic E-state index is 11.7. The van der Waals surface area contributed by atoms with E-state index in [2.05, 4.69) is 12.2 Å². The Labute approximate surface area is 159 Å². The highest BCUT2D eigenvalue weighted by Crippen LogP contribution is 2.40. The van der Waals surface area contributed by atoms with E-state index in [0.29, 0.717) is 12.8 Å². The molecule has 0 spiro atoms. The van der Waals surface area contributed by atoms with Gasteiger partial charge in [-0.1, -0.05) is 19.1 Å². The fraction of sp³-hybridized carbons (Fsp3) is 0.842. The molecule has 1 heterocycles. The van der Waals surface area contributed by atoms with Crippen molar-refractivity contribution in [2.45, 2.75) is 75.8 Å². The maximum Gasteiger partial charge on any atom is 0.305 e. The van der Waals surface area contributed by atoms with Crippen LogP contribution in [0.3, 0.4) is 0 Å². The molecule has 0 radical (unpaired) electrons. The lowest BCUT2D eigenvalue weighted by molar-refractivity contribution is -0.313. The van der Waals surface area contributed by atoms with Crippen LogP contribution in [0.15, 0.2) is 12.2 Å². The lowest BCUT2D eigenvalue weighted by Crippen LogP contribution is -2.59. The van der Waals surface area contributed by atoms with Crippen molar-refractivity contribution in [1.29, 1.82) is 0 Å². The van der Waals surface area contributed by atoms with Gasteiger partial charge in [0.05, 0.1) is 19.8 Å². The van der Waals surface area contributed by atoms with Crippen LogP contribution >= 0.6 is 0 Å². The summed E-state index contributed by atoms with van der Waals surface area (Å²) in [5.41, 5.74) is 0. The highest BCUT2D eigenvalue weighted by molar-refractivity contribution is 5.69. The molecular formula is C19H32O8. The normalized spacial score (nSPS) is 39.8. The molecule has 0 aromatic carbocycles. The summed E-state index contributed by atoms with van der Waals surface area (Å²) in [6.07, 6.45) is 0.775. The topological polar surface area (TPSA) is 126 Å². The van der Waals surface area contributed by atoms with Gasteiger partial charge in [0.25, 0.3) is 0 Å². The first-order chi connectivity index (χ1) is 12.9. The summed E-state index contributed by atoms with van der Waals surface area (Å²) in [5.74, 6) is -0.133. The first-order valence-electron chi connectivity index (χ1n) is 9.60. The average Bonchev–Trinajstić information content (AvgIpc) is 3.03. The van der Waals surface area contributed by atoms with Crippen LogP contribution in [0.4, 0.5) is 0 Å². The van der Waals surface area contributed by atoms with Crippen molar-refractivity contribution >= 4 is 5.97 Å². The fourth-order valence-electron chi connectivity index (χ4n) is 3.95. The standard InChI is InChI=1S/C19H32O8/c1-3-4-5-6-12-11(9-15(21)25-2)7-8-13(12)26-19-18(24)17(23)16(22)14(10-20)27-19/h4-5,11-14,16-20,22-24H,3,6-10H2,1-2H3/b5-4-/t11-,12-,13-,14+,16+,17-,18+,19+/m0/s1. The molecule has 8 atom stereocenters. The molecule has 2 rings (SSSR count). The Bertz CT molecular complexity index is 494. The van der Waals surface area contributed by atoms with Gasteiger partial charge in [0.1, 0.15) is 24.4 Å². The van der Waals surface area contributed by atoms with Crippen LogP contribution < -0.4 is 0 Å². The second-order valence-corrected chi connectivity index (χ2v) is 7.27. The summed E-state index contributed by atoms with van der Waals surface area (Å²) in [6, 6.07) is 0. The molecule has 0 unspecified atom stereocenters. The number of esters is 1. The van der Waals surface area contributed by atoms with Crippen LogP contribution in [-0.4, -0.2) is 76.9 Å². The number of carbonyl (C=O) groups is 1. The molecule has 1 aliphatic heterocycles. The molecule has 0 bridgehead atoms. The molecule has 0 aromatic rings. The zero-order valence-electron chi connectivity index (χ0n) is 15.9. The number of aliphatic hydroxyl groups excluding tert-OH is 4. The maximum atomic E-state index is 11.7. The van der Waals surface area contributed by atoms with Gasteiger partial charge in [0.2, 0.25) is 0 Å². The minimum atomic E-state index is -1.47. The fourth-order valence-corrected chi connectivity index (χ4v) is 3.95. The van der Waals surface area contributed by atoms with Gasteiger partial charge in [-0.3, -0.25) is 4.79 Å². The molecule has 0 aromatic heterocycles. The van der Waals surface area contributed by atoms with E-state index in [0.717, 1.165) is 19.3 Å². The Morgan fingerprint density at radius 1 is 1.15 bits per heavy atom. The summed E-state index contributed by atoms with van der Waals surface area (Å²) < 4.78 is 16.2. The molecule has 8 nitrogen and oxygen atoms in total. The molecule has 2 aliphatic rings. The average molecular weight is 388 g/mol. The van der Waals surface area contributed by atoms with Crippen LogP contribution in [0, 0.1) is 11.8 Å². The monoisotopic (exact) mass is 388 g/mol. The summed E-state index contributed by atoms with van der Waals surface area (Å²) in [4.78, 5) is 11.7. The summed E-state index contributed by atoms with van der Waals surface area (Å²) in [7, 11) is 1.37. The number of allylic oxidation sites excluding steroid dienone is 2. The van der Waals surface area contributed by atoms with Crippen LogP contribution in [0.1, 0.15) is 39.0 Å². The van der Waals surface area contributed by atoms with Crippen molar-refractivity contribution in [1.82, 2.24) is 0 Å². The van der Waals surface area contributed by atoms with E-state index in [9.17, 15) is 25.2 Å². The van der Waals surface area contributed by atoms with Crippen molar-refractivity contribution in [3.8, 4) is 0 Å². The van der Waals surface area contributed by atoms with E-state index in [-0.39, 0.29) is 23.9 Å². The largest absolute Gasteiger partial charge is 0.469 e. The lowest BCUT2D eigenvalue weighted by Gasteiger charge is -2.41. The van der Waals surface area contributed by atoms with Gasteiger partial charge in [-0.2, -0.15) is 0 Å². The van der Waals surface area contributed by atoms with Gasteiger partial charge < -0.3 is 34.6 Å². The zero-order chi connectivity index (χ0) is 20.0. The van der Waals surface area contributed by atoms with Crippen molar-refractivity contribution in [3.63, 3.8) is 0 Å². The van der Waals surface area contributed by atoms with E-state index >= 15 is 0 Å². The number of hydrogen-bond donors (Lipinski definition) is 4. The number of rotatable bonds is 8. The van der Waals surface area contributed by atoms with Crippen molar-refractivity contribution < 1.29 is 39.4 Å². The Kier molecular flexibility index (Phi) is 8.65. The molecule has 4 N–H and O–H groups in total. The van der Waals surface area contributed by atoms with E-state index in [1.165, 1.54) is 7.11 Å². The Morgan fingerprint density at radius 2 is 1.89 bits per heavy atom. The smallest absolute Gasteiger partial charge is 0.305 e. The predicted molar refractivity (Wildman–Crippen MR) is 95.5 cm³/mol. The molecule has 156 valence electrons. The SMILES string of the molecule is CC/C=C\C[C@H]1[C@H](CC(=O)OC)CC[C@@H]1O[C@@H]1O[C@H](CO)[C@@H](O)[C@H](O)[C@H]1O. The quantitative estimate of drug-likeness (QED) is 0.341. The number of methoxy groups -OCH3 is 1. The Balaban J connectivity index is 2.07. The molecule has 8 heteroatoms. The van der Waals surface area contributed by atoms with Crippen molar-refractivity contribution in [2.24, 2.45) is 11.8 Å². The number of aliphatic hydroxyl groups is 4. The summed E-state index contributed by atoms with van der Waals surface area (Å²) in [5, 5.41) is 39.3. The predicted octanol–water partition coefficient (Wildman–Crippen LogP) is 0.117. The molecule has 2 fully saturated rings. The molecule has 1 saturated carbocycles. The number of carbonyl (C=O) groups excluding carboxylic acids is 1. The van der Waals surface area contributed by atoms with Crippen LogP contribution in [-0.2, 0) is 19.0 Å². The third-order valence-corrected chi connectivity index (χ3v) is 5.53. The Hall–Kier alpha value is -1.03.